The fraction of sp³-hybridized carbons (Fsp3) is 0.0500. The minimum atomic E-state index is 0.594. The van der Waals surface area contributed by atoms with Gasteiger partial charge in [0.15, 0.2) is 11.5 Å². The molecule has 4 aromatic rings. The lowest BCUT2D eigenvalue weighted by molar-refractivity contribution is 0.112. The fourth-order valence-electron chi connectivity index (χ4n) is 2.89. The number of rotatable bonds is 3. The van der Waals surface area contributed by atoms with Crippen LogP contribution in [0.15, 0.2) is 66.9 Å². The Morgan fingerprint density at radius 2 is 1.75 bits per heavy atom. The van der Waals surface area contributed by atoms with E-state index in [1.54, 1.807) is 22.8 Å². The van der Waals surface area contributed by atoms with Crippen LogP contribution in [0, 0.1) is 6.92 Å². The van der Waals surface area contributed by atoms with Crippen molar-refractivity contribution in [1.29, 1.82) is 0 Å². The SMILES string of the molecule is Cc1c(-c2ccccc2)cccc1-c1nc2cc(C=O)ccn2n1. The molecule has 4 rings (SSSR count). The molecule has 0 aliphatic heterocycles. The summed E-state index contributed by atoms with van der Waals surface area (Å²) >= 11 is 0. The lowest BCUT2D eigenvalue weighted by Gasteiger charge is -2.09. The van der Waals surface area contributed by atoms with Crippen LogP contribution in [0.1, 0.15) is 15.9 Å². The van der Waals surface area contributed by atoms with Crippen molar-refractivity contribution in [1.82, 2.24) is 14.6 Å². The molecule has 0 aliphatic rings. The van der Waals surface area contributed by atoms with Gasteiger partial charge in [-0.25, -0.2) is 9.50 Å². The summed E-state index contributed by atoms with van der Waals surface area (Å²) in [4.78, 5) is 15.5. The Balaban J connectivity index is 1.86. The second-order valence-electron chi connectivity index (χ2n) is 5.66. The number of pyridine rings is 1. The predicted octanol–water partition coefficient (Wildman–Crippen LogP) is 4.18. The second kappa shape index (κ2) is 5.74. The monoisotopic (exact) mass is 313 g/mol. The zero-order chi connectivity index (χ0) is 16.5. The van der Waals surface area contributed by atoms with Crippen LogP contribution in [-0.4, -0.2) is 20.9 Å². The Morgan fingerprint density at radius 3 is 2.54 bits per heavy atom. The fourth-order valence-corrected chi connectivity index (χ4v) is 2.89. The average Bonchev–Trinajstić information content (AvgIpc) is 3.05. The molecule has 2 heterocycles. The van der Waals surface area contributed by atoms with Crippen molar-refractivity contribution in [2.45, 2.75) is 6.92 Å². The van der Waals surface area contributed by atoms with Gasteiger partial charge in [0.2, 0.25) is 0 Å². The lowest BCUT2D eigenvalue weighted by Crippen LogP contribution is -1.91. The Bertz CT molecular complexity index is 1040. The third-order valence-electron chi connectivity index (χ3n) is 4.16. The molecule has 2 aromatic heterocycles. The molecule has 116 valence electrons. The van der Waals surface area contributed by atoms with Gasteiger partial charge >= 0.3 is 0 Å². The zero-order valence-corrected chi connectivity index (χ0v) is 13.2. The molecule has 24 heavy (non-hydrogen) atoms. The van der Waals surface area contributed by atoms with Crippen molar-refractivity contribution in [2.75, 3.05) is 0 Å². The van der Waals surface area contributed by atoms with Gasteiger partial charge in [0.25, 0.3) is 0 Å². The Hall–Kier alpha value is -3.27. The summed E-state index contributed by atoms with van der Waals surface area (Å²) in [5.74, 6) is 0.660. The third kappa shape index (κ3) is 2.38. The number of carbonyl (C=O) groups excluding carboxylic acids is 1. The van der Waals surface area contributed by atoms with E-state index in [4.69, 9.17) is 0 Å². The normalized spacial score (nSPS) is 10.9. The van der Waals surface area contributed by atoms with Crippen LogP contribution in [0.2, 0.25) is 0 Å². The Morgan fingerprint density at radius 1 is 0.958 bits per heavy atom. The van der Waals surface area contributed by atoms with Gasteiger partial charge in [-0.3, -0.25) is 4.79 Å². The van der Waals surface area contributed by atoms with E-state index in [0.717, 1.165) is 17.4 Å². The molecule has 0 radical (unpaired) electrons. The lowest BCUT2D eigenvalue weighted by atomic mass is 9.96. The third-order valence-corrected chi connectivity index (χ3v) is 4.16. The molecule has 2 aromatic carbocycles. The molecular formula is C20H15N3O. The molecule has 0 bridgehead atoms. The first-order valence-electron chi connectivity index (χ1n) is 7.73. The summed E-state index contributed by atoms with van der Waals surface area (Å²) in [6, 6.07) is 19.9. The maximum absolute atomic E-state index is 10.9. The summed E-state index contributed by atoms with van der Waals surface area (Å²) in [6.45, 7) is 2.08. The van der Waals surface area contributed by atoms with Crippen LogP contribution in [0.25, 0.3) is 28.2 Å². The summed E-state index contributed by atoms with van der Waals surface area (Å²) in [5.41, 5.74) is 5.72. The number of aromatic nitrogens is 3. The van der Waals surface area contributed by atoms with E-state index >= 15 is 0 Å². The highest BCUT2D eigenvalue weighted by Gasteiger charge is 2.12. The molecule has 0 fully saturated rings. The first kappa shape index (κ1) is 14.3. The van der Waals surface area contributed by atoms with Crippen LogP contribution >= 0.6 is 0 Å². The van der Waals surface area contributed by atoms with Crippen LogP contribution in [0.3, 0.4) is 0 Å². The van der Waals surface area contributed by atoms with Crippen LogP contribution < -0.4 is 0 Å². The van der Waals surface area contributed by atoms with Crippen molar-refractivity contribution in [2.24, 2.45) is 0 Å². The molecule has 0 spiro atoms. The topological polar surface area (TPSA) is 47.3 Å². The van der Waals surface area contributed by atoms with Crippen molar-refractivity contribution in [3.8, 4) is 22.5 Å². The van der Waals surface area contributed by atoms with Gasteiger partial charge < -0.3 is 0 Å². The number of fused-ring (bicyclic) bond motifs is 1. The average molecular weight is 313 g/mol. The standard InChI is InChI=1S/C20H15N3O/c1-14-17(16-6-3-2-4-7-16)8-5-9-18(14)20-21-19-12-15(13-24)10-11-23(19)22-20/h2-13H,1H3. The molecule has 0 atom stereocenters. The number of hydrogen-bond donors (Lipinski definition) is 0. The van der Waals surface area contributed by atoms with Crippen molar-refractivity contribution in [3.05, 3.63) is 78.0 Å². The Kier molecular flexibility index (Phi) is 3.43. The van der Waals surface area contributed by atoms with Gasteiger partial charge in [0.1, 0.15) is 6.29 Å². The first-order chi connectivity index (χ1) is 11.8. The van der Waals surface area contributed by atoms with Gasteiger partial charge in [0, 0.05) is 17.3 Å². The van der Waals surface area contributed by atoms with Gasteiger partial charge in [-0.2, -0.15) is 0 Å². The van der Waals surface area contributed by atoms with Crippen LogP contribution in [-0.2, 0) is 0 Å². The van der Waals surface area contributed by atoms with Crippen LogP contribution in [0.5, 0.6) is 0 Å². The van der Waals surface area contributed by atoms with Crippen molar-refractivity contribution >= 4 is 11.9 Å². The highest BCUT2D eigenvalue weighted by Crippen LogP contribution is 2.30. The van der Waals surface area contributed by atoms with E-state index in [1.807, 2.05) is 30.3 Å². The molecule has 0 saturated carbocycles. The first-order valence-corrected chi connectivity index (χ1v) is 7.73. The molecule has 0 saturated heterocycles. The summed E-state index contributed by atoms with van der Waals surface area (Å²) in [6.07, 6.45) is 2.57. The second-order valence-corrected chi connectivity index (χ2v) is 5.66. The number of nitrogens with zero attached hydrogens (tertiary/aromatic N) is 3. The smallest absolute Gasteiger partial charge is 0.182 e. The molecule has 0 N–H and O–H groups in total. The summed E-state index contributed by atoms with van der Waals surface area (Å²) in [7, 11) is 0. The molecular weight excluding hydrogens is 298 g/mol. The van der Waals surface area contributed by atoms with E-state index in [1.165, 1.54) is 11.1 Å². The number of aldehydes is 1. The van der Waals surface area contributed by atoms with E-state index in [-0.39, 0.29) is 0 Å². The van der Waals surface area contributed by atoms with Gasteiger partial charge in [-0.05, 0) is 35.7 Å². The van der Waals surface area contributed by atoms with E-state index in [0.29, 0.717) is 17.0 Å². The minimum Gasteiger partial charge on any atom is -0.298 e. The minimum absolute atomic E-state index is 0.594. The Labute approximate surface area is 139 Å². The van der Waals surface area contributed by atoms with Gasteiger partial charge in [-0.15, -0.1) is 5.10 Å². The van der Waals surface area contributed by atoms with Crippen molar-refractivity contribution in [3.63, 3.8) is 0 Å². The summed E-state index contributed by atoms with van der Waals surface area (Å²) < 4.78 is 1.69. The van der Waals surface area contributed by atoms with E-state index < -0.39 is 0 Å². The number of benzene rings is 2. The summed E-state index contributed by atoms with van der Waals surface area (Å²) in [5, 5.41) is 4.54. The zero-order valence-electron chi connectivity index (χ0n) is 13.2. The van der Waals surface area contributed by atoms with Crippen molar-refractivity contribution < 1.29 is 4.79 Å². The predicted molar refractivity (Wildman–Crippen MR) is 94.0 cm³/mol. The maximum atomic E-state index is 10.9. The largest absolute Gasteiger partial charge is 0.298 e. The van der Waals surface area contributed by atoms with E-state index in [2.05, 4.69) is 35.2 Å². The molecule has 0 amide bonds. The number of hydrogen-bond acceptors (Lipinski definition) is 3. The quantitative estimate of drug-likeness (QED) is 0.533. The molecule has 4 nitrogen and oxygen atoms in total. The van der Waals surface area contributed by atoms with Crippen LogP contribution in [0.4, 0.5) is 0 Å². The molecule has 0 unspecified atom stereocenters. The van der Waals surface area contributed by atoms with Gasteiger partial charge in [-0.1, -0.05) is 48.5 Å². The van der Waals surface area contributed by atoms with E-state index in [9.17, 15) is 4.79 Å². The molecule has 0 aliphatic carbocycles. The van der Waals surface area contributed by atoms with Gasteiger partial charge in [0.05, 0.1) is 0 Å². The number of carbonyl (C=O) groups is 1. The maximum Gasteiger partial charge on any atom is 0.182 e. The molecule has 4 heteroatoms. The highest BCUT2D eigenvalue weighted by atomic mass is 16.1. The highest BCUT2D eigenvalue weighted by molar-refractivity contribution is 5.78.